The largest absolute Gasteiger partial charge is 0.508 e. The summed E-state index contributed by atoms with van der Waals surface area (Å²) >= 11 is 0. The summed E-state index contributed by atoms with van der Waals surface area (Å²) in [6, 6.07) is 13.5. The number of rotatable bonds is 4. The fraction of sp³-hybridized carbons (Fsp3) is 0.250. The molecule has 0 fully saturated rings. The lowest BCUT2D eigenvalue weighted by molar-refractivity contribution is 0.414. The summed E-state index contributed by atoms with van der Waals surface area (Å²) in [5.41, 5.74) is 3.06. The molecule has 3 heteroatoms. The van der Waals surface area contributed by atoms with Gasteiger partial charge in [0.2, 0.25) is 0 Å². The summed E-state index contributed by atoms with van der Waals surface area (Å²) in [5, 5.41) is 9.90. The first-order chi connectivity index (χ1) is 9.11. The smallest absolute Gasteiger partial charge is 0.142 e. The Kier molecular flexibility index (Phi) is 3.95. The molecule has 2 aromatic rings. The second-order valence-electron chi connectivity index (χ2n) is 4.66. The monoisotopic (exact) mass is 257 g/mol. The zero-order valence-electron chi connectivity index (χ0n) is 11.6. The van der Waals surface area contributed by atoms with Crippen LogP contribution in [0.1, 0.15) is 11.1 Å². The predicted octanol–water partition coefficient (Wildman–Crippen LogP) is 3.35. The minimum absolute atomic E-state index is 0.326. The molecular weight excluding hydrogens is 238 g/mol. The summed E-state index contributed by atoms with van der Waals surface area (Å²) < 4.78 is 5.35. The lowest BCUT2D eigenvalue weighted by atomic mass is 10.1. The van der Waals surface area contributed by atoms with E-state index in [0.717, 1.165) is 22.6 Å². The maximum Gasteiger partial charge on any atom is 0.142 e. The Morgan fingerprint density at radius 1 is 1.16 bits per heavy atom. The van der Waals surface area contributed by atoms with Crippen molar-refractivity contribution in [3.05, 3.63) is 53.6 Å². The van der Waals surface area contributed by atoms with E-state index in [0.29, 0.717) is 12.3 Å². The van der Waals surface area contributed by atoms with Crippen molar-refractivity contribution in [2.75, 3.05) is 19.1 Å². The molecule has 0 aromatic heterocycles. The van der Waals surface area contributed by atoms with Gasteiger partial charge < -0.3 is 14.7 Å². The van der Waals surface area contributed by atoms with Gasteiger partial charge in [-0.2, -0.15) is 0 Å². The van der Waals surface area contributed by atoms with Crippen LogP contribution in [0.5, 0.6) is 11.5 Å². The van der Waals surface area contributed by atoms with Crippen molar-refractivity contribution in [3.8, 4) is 11.5 Å². The predicted molar refractivity (Wildman–Crippen MR) is 77.9 cm³/mol. The number of benzene rings is 2. The third-order valence-corrected chi connectivity index (χ3v) is 3.14. The maximum absolute atomic E-state index is 9.90. The second kappa shape index (κ2) is 5.65. The van der Waals surface area contributed by atoms with Crippen LogP contribution in [0, 0.1) is 6.92 Å². The van der Waals surface area contributed by atoms with E-state index >= 15 is 0 Å². The third kappa shape index (κ3) is 2.99. The van der Waals surface area contributed by atoms with Crippen molar-refractivity contribution in [1.82, 2.24) is 0 Å². The van der Waals surface area contributed by atoms with Crippen LogP contribution in [-0.4, -0.2) is 19.3 Å². The number of ether oxygens (including phenoxy) is 1. The van der Waals surface area contributed by atoms with Crippen LogP contribution in [0.15, 0.2) is 42.5 Å². The standard InChI is InChI=1S/C16H19NO2/c1-12-8-9-15(18)13(10-12)11-17(2)14-6-4-5-7-16(14)19-3/h4-10,18H,11H2,1-3H3. The molecule has 100 valence electrons. The number of phenolic OH excluding ortho intramolecular Hbond substituents is 1. The molecule has 0 aliphatic rings. The molecule has 0 aliphatic heterocycles. The first-order valence-electron chi connectivity index (χ1n) is 6.24. The minimum Gasteiger partial charge on any atom is -0.508 e. The highest BCUT2D eigenvalue weighted by Gasteiger charge is 2.10. The lowest BCUT2D eigenvalue weighted by Gasteiger charge is -2.22. The summed E-state index contributed by atoms with van der Waals surface area (Å²) in [4.78, 5) is 2.06. The molecule has 0 unspecified atom stereocenters. The number of anilines is 1. The van der Waals surface area contributed by atoms with Gasteiger partial charge in [-0.3, -0.25) is 0 Å². The van der Waals surface area contributed by atoms with Crippen molar-refractivity contribution in [2.45, 2.75) is 13.5 Å². The van der Waals surface area contributed by atoms with Gasteiger partial charge in [0.25, 0.3) is 0 Å². The van der Waals surface area contributed by atoms with Crippen LogP contribution < -0.4 is 9.64 Å². The van der Waals surface area contributed by atoms with Gasteiger partial charge in [-0.1, -0.05) is 29.8 Å². The molecule has 0 aliphatic carbocycles. The molecule has 0 bridgehead atoms. The molecule has 2 rings (SSSR count). The zero-order valence-corrected chi connectivity index (χ0v) is 11.6. The van der Waals surface area contributed by atoms with Crippen molar-refractivity contribution < 1.29 is 9.84 Å². The third-order valence-electron chi connectivity index (χ3n) is 3.14. The lowest BCUT2D eigenvalue weighted by Crippen LogP contribution is -2.17. The molecule has 19 heavy (non-hydrogen) atoms. The minimum atomic E-state index is 0.326. The van der Waals surface area contributed by atoms with Crippen molar-refractivity contribution in [1.29, 1.82) is 0 Å². The van der Waals surface area contributed by atoms with Gasteiger partial charge in [-0.25, -0.2) is 0 Å². The number of hydrogen-bond donors (Lipinski definition) is 1. The van der Waals surface area contributed by atoms with Crippen LogP contribution in [0.25, 0.3) is 0 Å². The first kappa shape index (κ1) is 13.3. The fourth-order valence-corrected chi connectivity index (χ4v) is 2.13. The average molecular weight is 257 g/mol. The first-order valence-corrected chi connectivity index (χ1v) is 6.24. The van der Waals surface area contributed by atoms with E-state index in [-0.39, 0.29) is 0 Å². The van der Waals surface area contributed by atoms with E-state index in [2.05, 4.69) is 4.90 Å². The van der Waals surface area contributed by atoms with E-state index in [1.807, 2.05) is 50.4 Å². The molecule has 0 saturated carbocycles. The fourth-order valence-electron chi connectivity index (χ4n) is 2.13. The molecule has 0 atom stereocenters. The number of phenols is 1. The molecule has 0 saturated heterocycles. The second-order valence-corrected chi connectivity index (χ2v) is 4.66. The van der Waals surface area contributed by atoms with E-state index in [1.54, 1.807) is 13.2 Å². The summed E-state index contributed by atoms with van der Waals surface area (Å²) in [6.45, 7) is 2.65. The summed E-state index contributed by atoms with van der Waals surface area (Å²) in [7, 11) is 3.65. The number of hydrogen-bond acceptors (Lipinski definition) is 3. The number of para-hydroxylation sites is 2. The highest BCUT2D eigenvalue weighted by Crippen LogP contribution is 2.29. The van der Waals surface area contributed by atoms with Crippen LogP contribution in [0.2, 0.25) is 0 Å². The van der Waals surface area contributed by atoms with Crippen molar-refractivity contribution >= 4 is 5.69 Å². The van der Waals surface area contributed by atoms with Gasteiger partial charge in [0, 0.05) is 19.2 Å². The van der Waals surface area contributed by atoms with E-state index < -0.39 is 0 Å². The summed E-state index contributed by atoms with van der Waals surface area (Å²) in [6.07, 6.45) is 0. The van der Waals surface area contributed by atoms with Gasteiger partial charge in [0.15, 0.2) is 0 Å². The van der Waals surface area contributed by atoms with E-state index in [1.165, 1.54) is 0 Å². The zero-order chi connectivity index (χ0) is 13.8. The molecule has 2 aromatic carbocycles. The number of nitrogens with zero attached hydrogens (tertiary/aromatic N) is 1. The number of methoxy groups -OCH3 is 1. The Balaban J connectivity index is 2.25. The van der Waals surface area contributed by atoms with Crippen LogP contribution in [-0.2, 0) is 6.54 Å². The molecule has 0 amide bonds. The van der Waals surface area contributed by atoms with Gasteiger partial charge in [0.1, 0.15) is 11.5 Å². The van der Waals surface area contributed by atoms with Crippen LogP contribution in [0.4, 0.5) is 5.69 Å². The summed E-state index contributed by atoms with van der Waals surface area (Å²) in [5.74, 6) is 1.16. The molecule has 3 nitrogen and oxygen atoms in total. The molecule has 0 spiro atoms. The average Bonchev–Trinajstić information content (AvgIpc) is 2.42. The maximum atomic E-state index is 9.90. The van der Waals surface area contributed by atoms with Crippen LogP contribution >= 0.6 is 0 Å². The van der Waals surface area contributed by atoms with Crippen molar-refractivity contribution in [2.24, 2.45) is 0 Å². The Morgan fingerprint density at radius 2 is 1.89 bits per heavy atom. The van der Waals surface area contributed by atoms with Gasteiger partial charge in [-0.15, -0.1) is 0 Å². The number of aromatic hydroxyl groups is 1. The van der Waals surface area contributed by atoms with Gasteiger partial charge in [-0.05, 0) is 25.1 Å². The highest BCUT2D eigenvalue weighted by molar-refractivity contribution is 5.58. The van der Waals surface area contributed by atoms with E-state index in [4.69, 9.17) is 4.74 Å². The Morgan fingerprint density at radius 3 is 2.63 bits per heavy atom. The van der Waals surface area contributed by atoms with Gasteiger partial charge in [0.05, 0.1) is 12.8 Å². The normalized spacial score (nSPS) is 10.3. The Hall–Kier alpha value is -2.16. The molecule has 0 heterocycles. The Labute approximate surface area is 114 Å². The topological polar surface area (TPSA) is 32.7 Å². The molecule has 1 N–H and O–H groups in total. The SMILES string of the molecule is COc1ccccc1N(C)Cc1cc(C)ccc1O. The van der Waals surface area contributed by atoms with Gasteiger partial charge >= 0.3 is 0 Å². The molecule has 0 radical (unpaired) electrons. The van der Waals surface area contributed by atoms with Crippen LogP contribution in [0.3, 0.4) is 0 Å². The molecular formula is C16H19NO2. The Bertz CT molecular complexity index is 566. The van der Waals surface area contributed by atoms with Crippen molar-refractivity contribution in [3.63, 3.8) is 0 Å². The quantitative estimate of drug-likeness (QED) is 0.911. The number of aryl methyl sites for hydroxylation is 1. The highest BCUT2D eigenvalue weighted by atomic mass is 16.5. The van der Waals surface area contributed by atoms with E-state index in [9.17, 15) is 5.11 Å².